The second-order valence-electron chi connectivity index (χ2n) is 9.92. The Morgan fingerprint density at radius 3 is 1.36 bits per heavy atom. The number of hydrogen-bond donors (Lipinski definition) is 2. The fraction of sp³-hybridized carbons (Fsp3) is 0.0588. The third kappa shape index (κ3) is 5.39. The van der Waals surface area contributed by atoms with E-state index >= 15 is 0 Å². The van der Waals surface area contributed by atoms with Gasteiger partial charge in [-0.2, -0.15) is 0 Å². The van der Waals surface area contributed by atoms with E-state index in [1.54, 1.807) is 0 Å². The lowest BCUT2D eigenvalue weighted by molar-refractivity contribution is 0.107. The van der Waals surface area contributed by atoms with Crippen molar-refractivity contribution >= 4 is 57.2 Å². The lowest BCUT2D eigenvalue weighted by Gasteiger charge is -2.13. The summed E-state index contributed by atoms with van der Waals surface area (Å²) in [7, 11) is 0. The van der Waals surface area contributed by atoms with Gasteiger partial charge in [0.1, 0.15) is 0 Å². The summed E-state index contributed by atoms with van der Waals surface area (Å²) >= 11 is 0. The van der Waals surface area contributed by atoms with Gasteiger partial charge < -0.3 is 14.8 Å². The van der Waals surface area contributed by atoms with Crippen LogP contribution in [0.4, 0.5) is 0 Å². The van der Waals surface area contributed by atoms with E-state index in [0.717, 1.165) is 54.5 Å². The largest absolute Gasteiger partial charge is 0.443 e. The molecule has 0 atom stereocenters. The van der Waals surface area contributed by atoms with E-state index in [2.05, 4.69) is 24.3 Å². The second kappa shape index (κ2) is 11.3. The van der Waals surface area contributed by atoms with E-state index in [9.17, 15) is 10.0 Å². The van der Waals surface area contributed by atoms with Crippen LogP contribution in [0.25, 0.3) is 21.5 Å². The molecule has 0 amide bonds. The monoisotopic (exact) mass is 506 g/mol. The summed E-state index contributed by atoms with van der Waals surface area (Å²) in [5, 5.41) is 26.7. The van der Waals surface area contributed by atoms with Gasteiger partial charge in [-0.3, -0.25) is 0 Å². The maximum Gasteiger partial charge on any atom is 0.359 e. The molecule has 0 aromatic heterocycles. The molecule has 0 spiro atoms. The molecule has 0 aliphatic rings. The number of hydrogen-bond acceptors (Lipinski definition) is 3. The smallest absolute Gasteiger partial charge is 0.359 e. The van der Waals surface area contributed by atoms with Gasteiger partial charge >= 0.3 is 13.8 Å². The Morgan fingerprint density at radius 2 is 0.872 bits per heavy atom. The zero-order chi connectivity index (χ0) is 26.6. The van der Waals surface area contributed by atoms with Crippen molar-refractivity contribution < 1.29 is 14.8 Å². The topological polar surface area (TPSA) is 49.7 Å². The lowest BCUT2D eigenvalue weighted by atomic mass is 9.54. The first-order valence-corrected chi connectivity index (χ1v) is 13.2. The number of fused-ring (bicyclic) bond motifs is 2. The first-order valence-electron chi connectivity index (χ1n) is 13.2. The Morgan fingerprint density at radius 1 is 0.462 bits per heavy atom. The third-order valence-electron chi connectivity index (χ3n) is 7.31. The van der Waals surface area contributed by atoms with Crippen LogP contribution in [0.3, 0.4) is 0 Å². The van der Waals surface area contributed by atoms with Gasteiger partial charge in [-0.15, -0.1) is 0 Å². The molecule has 6 aromatic rings. The van der Waals surface area contributed by atoms with Crippen LogP contribution in [0.5, 0.6) is 0 Å². The highest BCUT2D eigenvalue weighted by atomic mass is 16.5. The molecule has 0 radical (unpaired) electrons. The van der Waals surface area contributed by atoms with Gasteiger partial charge in [-0.25, -0.2) is 0 Å². The van der Waals surface area contributed by atoms with Crippen LogP contribution in [0.15, 0.2) is 133 Å². The average molecular weight is 506 g/mol. The molecule has 0 saturated heterocycles. The van der Waals surface area contributed by atoms with Crippen molar-refractivity contribution in [3.05, 3.63) is 145 Å². The summed E-state index contributed by atoms with van der Waals surface area (Å²) in [4.78, 5) is 0. The van der Waals surface area contributed by atoms with E-state index in [1.807, 2.05) is 109 Å². The molecular weight excluding hydrogens is 478 g/mol. The summed E-state index contributed by atoms with van der Waals surface area (Å²) in [6.45, 7) is -0.593. The summed E-state index contributed by atoms with van der Waals surface area (Å²) in [6.07, 6.45) is 0. The van der Waals surface area contributed by atoms with E-state index in [4.69, 9.17) is 4.74 Å². The highest BCUT2D eigenvalue weighted by Crippen LogP contribution is 2.13. The van der Waals surface area contributed by atoms with Crippen molar-refractivity contribution in [2.24, 2.45) is 0 Å². The molecule has 0 aliphatic carbocycles. The molecule has 0 aliphatic heterocycles. The highest BCUT2D eigenvalue weighted by molar-refractivity contribution is 6.81. The van der Waals surface area contributed by atoms with E-state index in [-0.39, 0.29) is 0 Å². The van der Waals surface area contributed by atoms with Crippen LogP contribution in [-0.2, 0) is 18.0 Å². The van der Waals surface area contributed by atoms with Crippen molar-refractivity contribution in [3.63, 3.8) is 0 Å². The molecule has 2 N–H and O–H groups in total. The van der Waals surface area contributed by atoms with Crippen LogP contribution in [0.1, 0.15) is 11.1 Å². The lowest BCUT2D eigenvalue weighted by Crippen LogP contribution is -2.42. The van der Waals surface area contributed by atoms with Crippen molar-refractivity contribution in [2.45, 2.75) is 13.2 Å². The maximum atomic E-state index is 11.2. The molecule has 6 aromatic carbocycles. The summed E-state index contributed by atoms with van der Waals surface area (Å²) < 4.78 is 6.06. The summed E-state index contributed by atoms with van der Waals surface area (Å²) in [5.41, 5.74) is 5.47. The van der Waals surface area contributed by atoms with Gasteiger partial charge in [-0.1, -0.05) is 133 Å². The van der Waals surface area contributed by atoms with Gasteiger partial charge in [0.15, 0.2) is 0 Å². The van der Waals surface area contributed by atoms with Crippen molar-refractivity contribution in [1.82, 2.24) is 0 Å². The van der Waals surface area contributed by atoms with Crippen molar-refractivity contribution in [3.8, 4) is 0 Å². The molecule has 5 heteroatoms. The van der Waals surface area contributed by atoms with Crippen LogP contribution < -0.4 is 21.9 Å². The molecule has 0 unspecified atom stereocenters. The minimum atomic E-state index is -0.719. The van der Waals surface area contributed by atoms with Crippen LogP contribution in [0, 0.1) is 0 Å². The number of rotatable bonds is 8. The first kappa shape index (κ1) is 25.1. The fourth-order valence-corrected chi connectivity index (χ4v) is 5.33. The summed E-state index contributed by atoms with van der Waals surface area (Å²) in [6, 6.07) is 44.2. The average Bonchev–Trinajstić information content (AvgIpc) is 3.00. The number of ether oxygens (including phenoxy) is 1. The Balaban J connectivity index is 1.14. The minimum absolute atomic E-state index is 0.423. The standard InChI is InChI=1S/C34H28B2O3/c37-35(33-19-7-13-27-11-1-3-17-31(27)33)29-15-5-9-25(21-29)23-39-24-26-10-6-16-30(22-26)36(38)34-20-8-14-28-12-2-4-18-32(28)34/h1-22,37-38H,23-24H2. The summed E-state index contributed by atoms with van der Waals surface area (Å²) in [5.74, 6) is 0. The van der Waals surface area contributed by atoms with Crippen LogP contribution >= 0.6 is 0 Å². The molecule has 0 fully saturated rings. The van der Waals surface area contributed by atoms with Crippen molar-refractivity contribution in [1.29, 1.82) is 0 Å². The normalized spacial score (nSPS) is 11.1. The van der Waals surface area contributed by atoms with Gasteiger partial charge in [0.2, 0.25) is 0 Å². The van der Waals surface area contributed by atoms with E-state index in [0.29, 0.717) is 13.2 Å². The Bertz CT molecular complexity index is 1610. The molecule has 3 nitrogen and oxygen atoms in total. The molecule has 6 rings (SSSR count). The van der Waals surface area contributed by atoms with Crippen LogP contribution in [-0.4, -0.2) is 23.9 Å². The van der Waals surface area contributed by atoms with Gasteiger partial charge in [0, 0.05) is 0 Å². The molecule has 188 valence electrons. The predicted octanol–water partition coefficient (Wildman–Crippen LogP) is 3.91. The predicted molar refractivity (Wildman–Crippen MR) is 164 cm³/mol. The van der Waals surface area contributed by atoms with Crippen molar-refractivity contribution in [2.75, 3.05) is 0 Å². The number of benzene rings is 6. The van der Waals surface area contributed by atoms with Gasteiger partial charge in [-0.05, 0) is 54.5 Å². The fourth-order valence-electron chi connectivity index (χ4n) is 5.33. The van der Waals surface area contributed by atoms with Crippen LogP contribution in [0.2, 0.25) is 0 Å². The zero-order valence-electron chi connectivity index (χ0n) is 21.6. The molecule has 0 saturated carbocycles. The first-order chi connectivity index (χ1) is 19.2. The molecular formula is C34H28B2O3. The van der Waals surface area contributed by atoms with Gasteiger partial charge in [0.05, 0.1) is 13.2 Å². The van der Waals surface area contributed by atoms with Gasteiger partial charge in [0.25, 0.3) is 0 Å². The second-order valence-corrected chi connectivity index (χ2v) is 9.92. The third-order valence-corrected chi connectivity index (χ3v) is 7.31. The maximum absolute atomic E-state index is 11.2. The Labute approximate surface area is 229 Å². The molecule has 39 heavy (non-hydrogen) atoms. The minimum Gasteiger partial charge on any atom is -0.443 e. The Kier molecular flexibility index (Phi) is 7.29. The Hall–Kier alpha value is -4.15. The van der Waals surface area contributed by atoms with E-state index < -0.39 is 13.8 Å². The highest BCUT2D eigenvalue weighted by Gasteiger charge is 2.21. The molecule has 0 bridgehead atoms. The zero-order valence-corrected chi connectivity index (χ0v) is 21.6. The van der Waals surface area contributed by atoms with E-state index in [1.165, 1.54) is 0 Å². The molecule has 0 heterocycles. The SMILES string of the molecule is OB(c1cccc(COCc2cccc(B(O)c3cccc4ccccc34)c2)c1)c1cccc2ccccc12. The quantitative estimate of drug-likeness (QED) is 0.308.